The summed E-state index contributed by atoms with van der Waals surface area (Å²) >= 11 is 1.76. The summed E-state index contributed by atoms with van der Waals surface area (Å²) in [5.74, 6) is 0.895. The van der Waals surface area contributed by atoms with Gasteiger partial charge in [-0.1, -0.05) is 0 Å². The predicted molar refractivity (Wildman–Crippen MR) is 88.5 cm³/mol. The molecule has 3 aromatic rings. The summed E-state index contributed by atoms with van der Waals surface area (Å²) in [6.45, 7) is 3.76. The number of imidazole rings is 1. The van der Waals surface area contributed by atoms with E-state index in [9.17, 15) is 0 Å². The van der Waals surface area contributed by atoms with Crippen LogP contribution in [0.25, 0.3) is 16.2 Å². The fourth-order valence-electron chi connectivity index (χ4n) is 2.74. The van der Waals surface area contributed by atoms with Crippen molar-refractivity contribution in [3.05, 3.63) is 35.3 Å². The Labute approximate surface area is 133 Å². The van der Waals surface area contributed by atoms with E-state index in [0.717, 1.165) is 43.2 Å². The average Bonchev–Trinajstić information content (AvgIpc) is 3.14. The molecule has 0 aliphatic carbocycles. The number of aromatic nitrogens is 3. The number of nitrogens with zero attached hydrogens (tertiary/aromatic N) is 3. The zero-order valence-corrected chi connectivity index (χ0v) is 13.3. The first-order valence-electron chi connectivity index (χ1n) is 7.55. The Kier molecular flexibility index (Phi) is 3.56. The molecular formula is C16H18N4OS. The van der Waals surface area contributed by atoms with Gasteiger partial charge in [0.25, 0.3) is 0 Å². The molecule has 0 aromatic carbocycles. The lowest BCUT2D eigenvalue weighted by molar-refractivity contribution is 0.0903. The van der Waals surface area contributed by atoms with Crippen molar-refractivity contribution in [1.82, 2.24) is 14.6 Å². The van der Waals surface area contributed by atoms with Crippen molar-refractivity contribution in [2.24, 2.45) is 0 Å². The third-order valence-electron chi connectivity index (χ3n) is 3.93. The van der Waals surface area contributed by atoms with Gasteiger partial charge >= 0.3 is 0 Å². The van der Waals surface area contributed by atoms with Crippen molar-refractivity contribution < 1.29 is 4.74 Å². The van der Waals surface area contributed by atoms with E-state index in [0.29, 0.717) is 6.04 Å². The van der Waals surface area contributed by atoms with Crippen LogP contribution >= 0.6 is 11.3 Å². The van der Waals surface area contributed by atoms with E-state index in [4.69, 9.17) is 9.84 Å². The van der Waals surface area contributed by atoms with Crippen molar-refractivity contribution in [3.63, 3.8) is 0 Å². The maximum Gasteiger partial charge on any atom is 0.154 e. The van der Waals surface area contributed by atoms with E-state index >= 15 is 0 Å². The molecule has 4 heterocycles. The van der Waals surface area contributed by atoms with Gasteiger partial charge in [0, 0.05) is 24.1 Å². The van der Waals surface area contributed by atoms with Gasteiger partial charge in [-0.2, -0.15) is 0 Å². The number of fused-ring (bicyclic) bond motifs is 1. The smallest absolute Gasteiger partial charge is 0.154 e. The van der Waals surface area contributed by atoms with Crippen LogP contribution in [0.3, 0.4) is 0 Å². The lowest BCUT2D eigenvalue weighted by Gasteiger charge is -2.23. The minimum absolute atomic E-state index is 0.439. The summed E-state index contributed by atoms with van der Waals surface area (Å²) in [7, 11) is 0. The van der Waals surface area contributed by atoms with Crippen LogP contribution in [0.2, 0.25) is 0 Å². The van der Waals surface area contributed by atoms with E-state index in [1.54, 1.807) is 11.3 Å². The predicted octanol–water partition coefficient (Wildman–Crippen LogP) is 3.36. The fourth-order valence-corrected chi connectivity index (χ4v) is 3.60. The van der Waals surface area contributed by atoms with E-state index in [-0.39, 0.29) is 0 Å². The molecule has 0 radical (unpaired) electrons. The second-order valence-corrected chi connectivity index (χ2v) is 6.86. The molecular weight excluding hydrogens is 296 g/mol. The summed E-state index contributed by atoms with van der Waals surface area (Å²) in [6, 6.07) is 8.71. The summed E-state index contributed by atoms with van der Waals surface area (Å²) < 4.78 is 7.32. The largest absolute Gasteiger partial charge is 0.381 e. The monoisotopic (exact) mass is 314 g/mol. The highest BCUT2D eigenvalue weighted by molar-refractivity contribution is 7.15. The van der Waals surface area contributed by atoms with Gasteiger partial charge in [-0.05, 0) is 44.0 Å². The van der Waals surface area contributed by atoms with Gasteiger partial charge in [0.15, 0.2) is 5.65 Å². The number of hydrogen-bond donors (Lipinski definition) is 1. The Hall–Kier alpha value is -1.92. The van der Waals surface area contributed by atoms with Gasteiger partial charge in [-0.3, -0.25) is 0 Å². The van der Waals surface area contributed by atoms with Crippen LogP contribution in [0, 0.1) is 6.92 Å². The number of nitrogens with one attached hydrogen (secondary N) is 1. The first kappa shape index (κ1) is 13.7. The molecule has 1 N–H and O–H groups in total. The first-order valence-corrected chi connectivity index (χ1v) is 8.37. The van der Waals surface area contributed by atoms with E-state index in [1.165, 1.54) is 9.75 Å². The minimum Gasteiger partial charge on any atom is -0.381 e. The van der Waals surface area contributed by atoms with Crippen LogP contribution in [-0.4, -0.2) is 33.9 Å². The topological polar surface area (TPSA) is 51.5 Å². The molecule has 22 heavy (non-hydrogen) atoms. The maximum atomic E-state index is 5.40. The normalized spacial score (nSPS) is 16.2. The Morgan fingerprint density at radius 2 is 2.09 bits per heavy atom. The van der Waals surface area contributed by atoms with Crippen LogP contribution in [0.5, 0.6) is 0 Å². The van der Waals surface area contributed by atoms with Gasteiger partial charge in [0.1, 0.15) is 11.5 Å². The van der Waals surface area contributed by atoms with Crippen molar-refractivity contribution in [2.75, 3.05) is 18.5 Å². The Morgan fingerprint density at radius 1 is 1.23 bits per heavy atom. The van der Waals surface area contributed by atoms with Crippen LogP contribution in [0.15, 0.2) is 30.5 Å². The van der Waals surface area contributed by atoms with Gasteiger partial charge < -0.3 is 10.1 Å². The van der Waals surface area contributed by atoms with Crippen LogP contribution < -0.4 is 5.32 Å². The van der Waals surface area contributed by atoms with E-state index in [1.807, 2.05) is 22.8 Å². The Balaban J connectivity index is 1.67. The minimum atomic E-state index is 0.439. The van der Waals surface area contributed by atoms with Crippen molar-refractivity contribution in [3.8, 4) is 10.6 Å². The molecule has 3 aromatic heterocycles. The Morgan fingerprint density at radius 3 is 2.86 bits per heavy atom. The average molecular weight is 314 g/mol. The number of aryl methyl sites for hydroxylation is 1. The van der Waals surface area contributed by atoms with E-state index in [2.05, 4.69) is 29.4 Å². The molecule has 4 rings (SSSR count). The molecule has 0 amide bonds. The quantitative estimate of drug-likeness (QED) is 0.805. The molecule has 1 aliphatic rings. The van der Waals surface area contributed by atoms with Crippen LogP contribution in [-0.2, 0) is 4.74 Å². The molecule has 1 aliphatic heterocycles. The molecule has 0 spiro atoms. The summed E-state index contributed by atoms with van der Waals surface area (Å²) in [6.07, 6.45) is 3.95. The SMILES string of the molecule is Cc1ccc(-c2cnc3ccc(NC4CCOCC4)nn23)s1. The first-order chi connectivity index (χ1) is 10.8. The number of anilines is 1. The lowest BCUT2D eigenvalue weighted by Crippen LogP contribution is -2.28. The van der Waals surface area contributed by atoms with Gasteiger partial charge in [-0.15, -0.1) is 16.4 Å². The fraction of sp³-hybridized carbons (Fsp3) is 0.375. The molecule has 1 fully saturated rings. The summed E-state index contributed by atoms with van der Waals surface area (Å²) in [5, 5.41) is 8.23. The van der Waals surface area contributed by atoms with Gasteiger partial charge in [-0.25, -0.2) is 9.50 Å². The third kappa shape index (κ3) is 2.60. The molecule has 1 saturated heterocycles. The highest BCUT2D eigenvalue weighted by Gasteiger charge is 2.15. The highest BCUT2D eigenvalue weighted by atomic mass is 32.1. The van der Waals surface area contributed by atoms with Crippen molar-refractivity contribution >= 4 is 22.8 Å². The number of ether oxygens (including phenoxy) is 1. The number of thiophene rings is 1. The molecule has 6 heteroatoms. The number of rotatable bonds is 3. The van der Waals surface area contributed by atoms with Crippen LogP contribution in [0.4, 0.5) is 5.82 Å². The third-order valence-corrected chi connectivity index (χ3v) is 4.95. The van der Waals surface area contributed by atoms with Crippen molar-refractivity contribution in [2.45, 2.75) is 25.8 Å². The zero-order valence-electron chi connectivity index (χ0n) is 12.5. The highest BCUT2D eigenvalue weighted by Crippen LogP contribution is 2.28. The van der Waals surface area contributed by atoms with Crippen LogP contribution in [0.1, 0.15) is 17.7 Å². The van der Waals surface area contributed by atoms with Gasteiger partial charge in [0.05, 0.1) is 11.1 Å². The van der Waals surface area contributed by atoms with Crippen molar-refractivity contribution in [1.29, 1.82) is 0 Å². The molecule has 0 unspecified atom stereocenters. The second kappa shape index (κ2) is 5.70. The summed E-state index contributed by atoms with van der Waals surface area (Å²) in [4.78, 5) is 6.94. The summed E-state index contributed by atoms with van der Waals surface area (Å²) in [5.41, 5.74) is 1.92. The molecule has 0 bridgehead atoms. The lowest BCUT2D eigenvalue weighted by atomic mass is 10.1. The second-order valence-electron chi connectivity index (χ2n) is 5.57. The number of hydrogen-bond acceptors (Lipinski definition) is 5. The molecule has 5 nitrogen and oxygen atoms in total. The van der Waals surface area contributed by atoms with E-state index < -0.39 is 0 Å². The standard InChI is InChI=1S/C16H18N4OS/c1-11-2-3-14(22-11)13-10-17-16-5-4-15(19-20(13)16)18-12-6-8-21-9-7-12/h2-5,10,12H,6-9H2,1H3,(H,18,19). The maximum absolute atomic E-state index is 5.40. The Bertz CT molecular complexity index is 788. The zero-order chi connectivity index (χ0) is 14.9. The van der Waals surface area contributed by atoms with Gasteiger partial charge in [0.2, 0.25) is 0 Å². The molecule has 0 atom stereocenters. The molecule has 114 valence electrons. The molecule has 0 saturated carbocycles.